The van der Waals surface area contributed by atoms with Crippen LogP contribution in [0.1, 0.15) is 19.2 Å². The molecule has 0 aliphatic carbocycles. The second kappa shape index (κ2) is 5.86. The molecule has 23 heavy (non-hydrogen) atoms. The molecule has 1 aromatic heterocycles. The number of carbonyl (C=O) groups excluding carboxylic acids is 2. The maximum absolute atomic E-state index is 12.2. The molecule has 1 fully saturated rings. The standard InChI is InChI=1S/C13H17N5O5/c1-8(19)18-5-9(4-10(18)12(20)21)23-13(22)16-2-3-17-7-14-15-11(17)6-16/h7,9-10H,2-6H2,1H3,(H,20,21)/t9-,10+/m1/s1. The third-order valence-corrected chi connectivity index (χ3v) is 4.12. The Hall–Kier alpha value is -2.65. The monoisotopic (exact) mass is 323 g/mol. The van der Waals surface area contributed by atoms with Gasteiger partial charge in [-0.25, -0.2) is 9.59 Å². The quantitative estimate of drug-likeness (QED) is 0.765. The molecule has 1 aromatic rings. The van der Waals surface area contributed by atoms with Crippen LogP contribution in [0.4, 0.5) is 4.79 Å². The lowest BCUT2D eigenvalue weighted by atomic mass is 10.2. The molecule has 0 bridgehead atoms. The molecule has 1 N–H and O–H groups in total. The normalized spacial score (nSPS) is 23.5. The summed E-state index contributed by atoms with van der Waals surface area (Å²) < 4.78 is 7.23. The molecule has 0 spiro atoms. The zero-order valence-electron chi connectivity index (χ0n) is 12.6. The SMILES string of the molecule is CC(=O)N1C[C@H](OC(=O)N2CCn3cnnc3C2)C[C@H]1C(=O)O. The van der Waals surface area contributed by atoms with Gasteiger partial charge >= 0.3 is 12.1 Å². The molecule has 10 nitrogen and oxygen atoms in total. The smallest absolute Gasteiger partial charge is 0.410 e. The number of fused-ring (bicyclic) bond motifs is 1. The van der Waals surface area contributed by atoms with Crippen LogP contribution in [0.15, 0.2) is 6.33 Å². The molecule has 2 aliphatic rings. The Morgan fingerprint density at radius 1 is 1.35 bits per heavy atom. The van der Waals surface area contributed by atoms with Crippen LogP contribution in [0.25, 0.3) is 0 Å². The third kappa shape index (κ3) is 2.96. The van der Waals surface area contributed by atoms with Gasteiger partial charge in [-0.1, -0.05) is 0 Å². The molecule has 3 rings (SSSR count). The fraction of sp³-hybridized carbons (Fsp3) is 0.615. The van der Waals surface area contributed by atoms with E-state index in [-0.39, 0.29) is 18.9 Å². The number of rotatable bonds is 2. The van der Waals surface area contributed by atoms with Crippen molar-refractivity contribution in [3.8, 4) is 0 Å². The molecule has 0 unspecified atom stereocenters. The molecule has 0 aromatic carbocycles. The number of hydrogen-bond donors (Lipinski definition) is 1. The first-order chi connectivity index (χ1) is 11.0. The highest BCUT2D eigenvalue weighted by atomic mass is 16.6. The van der Waals surface area contributed by atoms with Crippen molar-refractivity contribution in [1.82, 2.24) is 24.6 Å². The van der Waals surface area contributed by atoms with E-state index in [9.17, 15) is 14.4 Å². The summed E-state index contributed by atoms with van der Waals surface area (Å²) in [6.07, 6.45) is 0.563. The van der Waals surface area contributed by atoms with E-state index in [1.54, 1.807) is 6.33 Å². The van der Waals surface area contributed by atoms with Gasteiger partial charge in [-0.3, -0.25) is 9.69 Å². The van der Waals surface area contributed by atoms with Gasteiger partial charge in [-0.2, -0.15) is 0 Å². The van der Waals surface area contributed by atoms with Gasteiger partial charge in [0.25, 0.3) is 0 Å². The molecule has 2 aliphatic heterocycles. The van der Waals surface area contributed by atoms with Crippen molar-refractivity contribution < 1.29 is 24.2 Å². The molecule has 0 saturated carbocycles. The number of ether oxygens (including phenoxy) is 1. The highest BCUT2D eigenvalue weighted by molar-refractivity contribution is 5.83. The van der Waals surface area contributed by atoms with Crippen molar-refractivity contribution in [3.63, 3.8) is 0 Å². The van der Waals surface area contributed by atoms with Crippen molar-refractivity contribution in [2.24, 2.45) is 0 Å². The second-order valence-electron chi connectivity index (χ2n) is 5.63. The molecule has 2 atom stereocenters. The minimum Gasteiger partial charge on any atom is -0.480 e. The fourth-order valence-electron chi connectivity index (χ4n) is 2.90. The summed E-state index contributed by atoms with van der Waals surface area (Å²) in [6.45, 7) is 2.75. The van der Waals surface area contributed by atoms with E-state index in [0.717, 1.165) is 0 Å². The minimum atomic E-state index is -1.09. The molecular weight excluding hydrogens is 306 g/mol. The van der Waals surface area contributed by atoms with Crippen molar-refractivity contribution in [2.75, 3.05) is 13.1 Å². The highest BCUT2D eigenvalue weighted by Crippen LogP contribution is 2.22. The van der Waals surface area contributed by atoms with Gasteiger partial charge in [0.1, 0.15) is 18.5 Å². The van der Waals surface area contributed by atoms with E-state index < -0.39 is 24.2 Å². The summed E-state index contributed by atoms with van der Waals surface area (Å²) in [5.74, 6) is -0.764. The van der Waals surface area contributed by atoms with Crippen LogP contribution in [0, 0.1) is 0 Å². The third-order valence-electron chi connectivity index (χ3n) is 4.12. The van der Waals surface area contributed by atoms with Gasteiger partial charge < -0.3 is 19.3 Å². The zero-order chi connectivity index (χ0) is 16.6. The van der Waals surface area contributed by atoms with Gasteiger partial charge in [0, 0.05) is 26.4 Å². The average Bonchev–Trinajstić information content (AvgIpc) is 3.12. The Labute approximate surface area is 131 Å². The van der Waals surface area contributed by atoms with Crippen LogP contribution in [-0.2, 0) is 27.4 Å². The van der Waals surface area contributed by atoms with Gasteiger partial charge in [0.05, 0.1) is 13.1 Å². The summed E-state index contributed by atoms with van der Waals surface area (Å²) in [5.41, 5.74) is 0. The lowest BCUT2D eigenvalue weighted by molar-refractivity contribution is -0.147. The van der Waals surface area contributed by atoms with E-state index >= 15 is 0 Å². The van der Waals surface area contributed by atoms with Crippen LogP contribution in [0.5, 0.6) is 0 Å². The Morgan fingerprint density at radius 3 is 2.78 bits per heavy atom. The second-order valence-corrected chi connectivity index (χ2v) is 5.63. The van der Waals surface area contributed by atoms with Gasteiger partial charge in [0.2, 0.25) is 5.91 Å². The summed E-state index contributed by atoms with van der Waals surface area (Å²) in [6, 6.07) is -0.949. The van der Waals surface area contributed by atoms with Crippen molar-refractivity contribution in [2.45, 2.75) is 38.6 Å². The fourth-order valence-corrected chi connectivity index (χ4v) is 2.90. The Bertz CT molecular complexity index is 622. The van der Waals surface area contributed by atoms with Gasteiger partial charge in [-0.15, -0.1) is 10.2 Å². The van der Waals surface area contributed by atoms with E-state index in [1.165, 1.54) is 16.7 Å². The van der Waals surface area contributed by atoms with Crippen molar-refractivity contribution >= 4 is 18.0 Å². The lowest BCUT2D eigenvalue weighted by Gasteiger charge is -2.27. The maximum Gasteiger partial charge on any atom is 0.410 e. The first-order valence-electron chi connectivity index (χ1n) is 7.28. The number of amides is 2. The molecule has 2 amide bonds. The van der Waals surface area contributed by atoms with E-state index in [4.69, 9.17) is 9.84 Å². The van der Waals surface area contributed by atoms with Crippen molar-refractivity contribution in [1.29, 1.82) is 0 Å². The first-order valence-corrected chi connectivity index (χ1v) is 7.28. The Kier molecular flexibility index (Phi) is 3.89. The van der Waals surface area contributed by atoms with E-state index in [2.05, 4.69) is 10.2 Å². The number of carboxylic acid groups (broad SMARTS) is 1. The first kappa shape index (κ1) is 15.3. The predicted molar refractivity (Wildman–Crippen MR) is 74.1 cm³/mol. The summed E-state index contributed by atoms with van der Waals surface area (Å²) in [4.78, 5) is 37.6. The summed E-state index contributed by atoms with van der Waals surface area (Å²) >= 11 is 0. The summed E-state index contributed by atoms with van der Waals surface area (Å²) in [5, 5.41) is 16.9. The number of aromatic nitrogens is 3. The van der Waals surface area contributed by atoms with Gasteiger partial charge in [0.15, 0.2) is 5.82 Å². The Balaban J connectivity index is 1.61. The van der Waals surface area contributed by atoms with Crippen LogP contribution >= 0.6 is 0 Å². The van der Waals surface area contributed by atoms with Crippen LogP contribution in [-0.4, -0.2) is 72.9 Å². The van der Waals surface area contributed by atoms with E-state index in [1.807, 2.05) is 4.57 Å². The average molecular weight is 323 g/mol. The molecule has 124 valence electrons. The Morgan fingerprint density at radius 2 is 2.13 bits per heavy atom. The number of nitrogens with zero attached hydrogens (tertiary/aromatic N) is 5. The van der Waals surface area contributed by atoms with Crippen molar-refractivity contribution in [3.05, 3.63) is 12.2 Å². The molecule has 0 radical (unpaired) electrons. The predicted octanol–water partition coefficient (Wildman–Crippen LogP) is -0.696. The van der Waals surface area contributed by atoms with Gasteiger partial charge in [-0.05, 0) is 0 Å². The number of likely N-dealkylation sites (tertiary alicyclic amines) is 1. The van der Waals surface area contributed by atoms with Crippen LogP contribution in [0.2, 0.25) is 0 Å². The maximum atomic E-state index is 12.2. The molecule has 1 saturated heterocycles. The van der Waals surface area contributed by atoms with Crippen LogP contribution < -0.4 is 0 Å². The molecule has 10 heteroatoms. The zero-order valence-corrected chi connectivity index (χ0v) is 12.6. The highest BCUT2D eigenvalue weighted by Gasteiger charge is 2.40. The molecular formula is C13H17N5O5. The number of carboxylic acids is 1. The number of aliphatic carboxylic acids is 1. The largest absolute Gasteiger partial charge is 0.480 e. The number of carbonyl (C=O) groups is 3. The van der Waals surface area contributed by atoms with Crippen LogP contribution in [0.3, 0.4) is 0 Å². The molecule has 3 heterocycles. The topological polar surface area (TPSA) is 118 Å². The lowest BCUT2D eigenvalue weighted by Crippen LogP contribution is -2.41. The minimum absolute atomic E-state index is 0.0993. The summed E-state index contributed by atoms with van der Waals surface area (Å²) in [7, 11) is 0. The number of hydrogen-bond acceptors (Lipinski definition) is 6. The van der Waals surface area contributed by atoms with E-state index in [0.29, 0.717) is 25.5 Å².